The Morgan fingerprint density at radius 1 is 1.21 bits per heavy atom. The normalized spacial score (nSPS) is 10.3. The highest BCUT2D eigenvalue weighted by Gasteiger charge is 2.11. The topological polar surface area (TPSA) is 49.6 Å². The van der Waals surface area contributed by atoms with Crippen LogP contribution in [0.4, 0.5) is 5.69 Å². The summed E-state index contributed by atoms with van der Waals surface area (Å²) in [6.45, 7) is 3.99. The fourth-order valence-corrected chi connectivity index (χ4v) is 1.91. The standard InChI is InChI=1S/C15H25N3O/c1-4-18(15(19)6-5-11-16)12-13-7-9-14(10-8-13)17(2)3/h7-10H,4-6,11-12,16H2,1-3H3. The highest BCUT2D eigenvalue weighted by molar-refractivity contribution is 5.76. The predicted octanol–water partition coefficient (Wildman–Crippen LogP) is 1.84. The van der Waals surface area contributed by atoms with E-state index in [0.717, 1.165) is 18.5 Å². The highest BCUT2D eigenvalue weighted by Crippen LogP contribution is 2.14. The Balaban J connectivity index is 2.62. The Kier molecular flexibility index (Phi) is 6.36. The number of hydrogen-bond acceptors (Lipinski definition) is 3. The van der Waals surface area contributed by atoms with Gasteiger partial charge >= 0.3 is 0 Å². The average molecular weight is 263 g/mol. The minimum atomic E-state index is 0.185. The maximum Gasteiger partial charge on any atom is 0.222 e. The maximum absolute atomic E-state index is 12.0. The molecule has 4 nitrogen and oxygen atoms in total. The maximum atomic E-state index is 12.0. The first-order valence-corrected chi connectivity index (χ1v) is 6.82. The van der Waals surface area contributed by atoms with Crippen molar-refractivity contribution in [3.63, 3.8) is 0 Å². The van der Waals surface area contributed by atoms with E-state index in [1.807, 2.05) is 25.9 Å². The molecule has 1 rings (SSSR count). The number of benzene rings is 1. The van der Waals surface area contributed by atoms with Crippen LogP contribution < -0.4 is 10.6 Å². The van der Waals surface area contributed by atoms with Crippen LogP contribution in [0.3, 0.4) is 0 Å². The quantitative estimate of drug-likeness (QED) is 0.816. The van der Waals surface area contributed by atoms with Crippen molar-refractivity contribution in [2.45, 2.75) is 26.3 Å². The molecule has 0 radical (unpaired) electrons. The molecule has 0 fully saturated rings. The van der Waals surface area contributed by atoms with Crippen LogP contribution >= 0.6 is 0 Å². The Labute approximate surface area is 116 Å². The van der Waals surface area contributed by atoms with Crippen LogP contribution in [0.15, 0.2) is 24.3 Å². The molecule has 0 spiro atoms. The summed E-state index contributed by atoms with van der Waals surface area (Å²) >= 11 is 0. The first kappa shape index (κ1) is 15.5. The Hall–Kier alpha value is -1.55. The van der Waals surface area contributed by atoms with Gasteiger partial charge in [0.25, 0.3) is 0 Å². The largest absolute Gasteiger partial charge is 0.378 e. The van der Waals surface area contributed by atoms with Gasteiger partial charge in [-0.05, 0) is 37.6 Å². The Bertz CT molecular complexity index is 387. The molecule has 0 saturated carbocycles. The third kappa shape index (κ3) is 4.91. The third-order valence-corrected chi connectivity index (χ3v) is 3.16. The van der Waals surface area contributed by atoms with Crippen molar-refractivity contribution >= 4 is 11.6 Å². The van der Waals surface area contributed by atoms with E-state index in [-0.39, 0.29) is 5.91 Å². The summed E-state index contributed by atoms with van der Waals surface area (Å²) in [5.74, 6) is 0.185. The van der Waals surface area contributed by atoms with Gasteiger partial charge in [0.1, 0.15) is 0 Å². The summed E-state index contributed by atoms with van der Waals surface area (Å²) in [6.07, 6.45) is 1.30. The molecule has 106 valence electrons. The molecule has 19 heavy (non-hydrogen) atoms. The van der Waals surface area contributed by atoms with Crippen molar-refractivity contribution in [3.05, 3.63) is 29.8 Å². The van der Waals surface area contributed by atoms with Gasteiger partial charge in [0.2, 0.25) is 5.91 Å². The summed E-state index contributed by atoms with van der Waals surface area (Å²) in [5, 5.41) is 0. The molecule has 0 bridgehead atoms. The van der Waals surface area contributed by atoms with Gasteiger partial charge in [-0.15, -0.1) is 0 Å². The van der Waals surface area contributed by atoms with Gasteiger partial charge < -0.3 is 15.5 Å². The van der Waals surface area contributed by atoms with Crippen LogP contribution in [0.2, 0.25) is 0 Å². The van der Waals surface area contributed by atoms with Crippen LogP contribution in [-0.2, 0) is 11.3 Å². The van der Waals surface area contributed by atoms with E-state index in [9.17, 15) is 4.79 Å². The summed E-state index contributed by atoms with van der Waals surface area (Å²) < 4.78 is 0. The van der Waals surface area contributed by atoms with E-state index in [1.54, 1.807) is 0 Å². The number of carbonyl (C=O) groups is 1. The van der Waals surface area contributed by atoms with Crippen molar-refractivity contribution < 1.29 is 4.79 Å². The minimum Gasteiger partial charge on any atom is -0.378 e. The molecule has 0 aliphatic heterocycles. The summed E-state index contributed by atoms with van der Waals surface area (Å²) in [4.78, 5) is 15.9. The molecule has 0 heterocycles. The molecule has 0 atom stereocenters. The van der Waals surface area contributed by atoms with Crippen molar-refractivity contribution in [2.75, 3.05) is 32.1 Å². The SMILES string of the molecule is CCN(Cc1ccc(N(C)C)cc1)C(=O)CCCN. The number of amides is 1. The van der Waals surface area contributed by atoms with E-state index in [0.29, 0.717) is 19.5 Å². The summed E-state index contributed by atoms with van der Waals surface area (Å²) in [5.41, 5.74) is 7.77. The summed E-state index contributed by atoms with van der Waals surface area (Å²) in [6, 6.07) is 8.31. The number of nitrogens with zero attached hydrogens (tertiary/aromatic N) is 2. The number of carbonyl (C=O) groups excluding carboxylic acids is 1. The second kappa shape index (κ2) is 7.79. The lowest BCUT2D eigenvalue weighted by Crippen LogP contribution is -2.30. The fraction of sp³-hybridized carbons (Fsp3) is 0.533. The Morgan fingerprint density at radius 2 is 1.84 bits per heavy atom. The predicted molar refractivity (Wildman–Crippen MR) is 80.1 cm³/mol. The minimum absolute atomic E-state index is 0.185. The van der Waals surface area contributed by atoms with Crippen LogP contribution in [0.5, 0.6) is 0 Å². The van der Waals surface area contributed by atoms with Gasteiger partial charge in [-0.25, -0.2) is 0 Å². The zero-order valence-corrected chi connectivity index (χ0v) is 12.2. The van der Waals surface area contributed by atoms with Crippen LogP contribution in [-0.4, -0.2) is 38.0 Å². The lowest BCUT2D eigenvalue weighted by atomic mass is 10.1. The van der Waals surface area contributed by atoms with Gasteiger partial charge in [0.05, 0.1) is 0 Å². The van der Waals surface area contributed by atoms with E-state index < -0.39 is 0 Å². The number of anilines is 1. The molecule has 0 aliphatic carbocycles. The molecule has 1 aromatic rings. The first-order chi connectivity index (χ1) is 9.08. The molecule has 0 unspecified atom stereocenters. The van der Waals surface area contributed by atoms with Gasteiger partial charge in [0.15, 0.2) is 0 Å². The van der Waals surface area contributed by atoms with E-state index in [4.69, 9.17) is 5.73 Å². The second-order valence-electron chi connectivity index (χ2n) is 4.86. The molecule has 2 N–H and O–H groups in total. The van der Waals surface area contributed by atoms with Crippen LogP contribution in [0, 0.1) is 0 Å². The molecule has 1 aromatic carbocycles. The Morgan fingerprint density at radius 3 is 2.32 bits per heavy atom. The highest BCUT2D eigenvalue weighted by atomic mass is 16.2. The van der Waals surface area contributed by atoms with Crippen molar-refractivity contribution in [1.29, 1.82) is 0 Å². The molecule has 0 aromatic heterocycles. The van der Waals surface area contributed by atoms with E-state index in [1.165, 1.54) is 5.69 Å². The van der Waals surface area contributed by atoms with Gasteiger partial charge in [-0.3, -0.25) is 4.79 Å². The average Bonchev–Trinajstić information content (AvgIpc) is 2.42. The molecular weight excluding hydrogens is 238 g/mol. The summed E-state index contributed by atoms with van der Waals surface area (Å²) in [7, 11) is 4.04. The molecule has 4 heteroatoms. The second-order valence-corrected chi connectivity index (χ2v) is 4.86. The van der Waals surface area contributed by atoms with Crippen molar-refractivity contribution in [2.24, 2.45) is 5.73 Å². The fourth-order valence-electron chi connectivity index (χ4n) is 1.91. The number of rotatable bonds is 7. The lowest BCUT2D eigenvalue weighted by Gasteiger charge is -2.21. The molecule has 0 aliphatic rings. The third-order valence-electron chi connectivity index (χ3n) is 3.16. The molecule has 0 saturated heterocycles. The van der Waals surface area contributed by atoms with Gasteiger partial charge in [0, 0.05) is 39.3 Å². The first-order valence-electron chi connectivity index (χ1n) is 6.82. The van der Waals surface area contributed by atoms with Crippen LogP contribution in [0.25, 0.3) is 0 Å². The van der Waals surface area contributed by atoms with Crippen molar-refractivity contribution in [1.82, 2.24) is 4.90 Å². The number of hydrogen-bond donors (Lipinski definition) is 1. The zero-order valence-electron chi connectivity index (χ0n) is 12.2. The lowest BCUT2D eigenvalue weighted by molar-refractivity contribution is -0.131. The van der Waals surface area contributed by atoms with Crippen LogP contribution in [0.1, 0.15) is 25.3 Å². The smallest absolute Gasteiger partial charge is 0.222 e. The monoisotopic (exact) mass is 263 g/mol. The molecule has 1 amide bonds. The number of nitrogens with two attached hydrogens (primary N) is 1. The van der Waals surface area contributed by atoms with E-state index >= 15 is 0 Å². The zero-order chi connectivity index (χ0) is 14.3. The van der Waals surface area contributed by atoms with Gasteiger partial charge in [-0.2, -0.15) is 0 Å². The van der Waals surface area contributed by atoms with Crippen molar-refractivity contribution in [3.8, 4) is 0 Å². The van der Waals surface area contributed by atoms with E-state index in [2.05, 4.69) is 29.2 Å². The molecular formula is C15H25N3O. The van der Waals surface area contributed by atoms with Gasteiger partial charge in [-0.1, -0.05) is 12.1 Å².